The maximum absolute atomic E-state index is 12.8. The van der Waals surface area contributed by atoms with E-state index in [9.17, 15) is 9.18 Å². The van der Waals surface area contributed by atoms with Crippen LogP contribution in [0.25, 0.3) is 0 Å². The molecule has 0 saturated carbocycles. The largest absolute Gasteiger partial charge is 0.384 e. The summed E-state index contributed by atoms with van der Waals surface area (Å²) in [6, 6.07) is 12.6. The highest BCUT2D eigenvalue weighted by Crippen LogP contribution is 2.13. The Morgan fingerprint density at radius 1 is 1.18 bits per heavy atom. The van der Waals surface area contributed by atoms with Crippen LogP contribution in [0, 0.1) is 5.82 Å². The molecule has 0 aliphatic heterocycles. The molecule has 2 aromatic carbocycles. The summed E-state index contributed by atoms with van der Waals surface area (Å²) in [6.07, 6.45) is 0. The summed E-state index contributed by atoms with van der Waals surface area (Å²) < 4.78 is 13.7. The number of oxime groups is 1. The number of amides is 1. The van der Waals surface area contributed by atoms with E-state index in [4.69, 9.17) is 10.6 Å². The number of nitrogens with two attached hydrogens (primary N) is 1. The number of benzene rings is 2. The topological polar surface area (TPSA) is 76.7 Å². The smallest absolute Gasteiger partial charge is 0.265 e. The monoisotopic (exact) mass is 365 g/mol. The highest BCUT2D eigenvalue weighted by molar-refractivity contribution is 9.10. The van der Waals surface area contributed by atoms with Crippen molar-refractivity contribution in [1.82, 2.24) is 0 Å². The lowest BCUT2D eigenvalue weighted by molar-refractivity contribution is -0.120. The quantitative estimate of drug-likeness (QED) is 0.485. The average Bonchev–Trinajstić information content (AvgIpc) is 2.50. The van der Waals surface area contributed by atoms with Crippen molar-refractivity contribution in [3.05, 3.63) is 64.4 Å². The highest BCUT2D eigenvalue weighted by atomic mass is 79.9. The van der Waals surface area contributed by atoms with Crippen LogP contribution in [-0.4, -0.2) is 18.3 Å². The molecule has 0 spiro atoms. The van der Waals surface area contributed by atoms with Gasteiger partial charge >= 0.3 is 0 Å². The zero-order valence-electron chi connectivity index (χ0n) is 11.4. The predicted octanol–water partition coefficient (Wildman–Crippen LogP) is 2.86. The second kappa shape index (κ2) is 7.56. The van der Waals surface area contributed by atoms with Crippen LogP contribution in [0.15, 0.2) is 58.2 Å². The summed E-state index contributed by atoms with van der Waals surface area (Å²) in [6.45, 7) is -0.280. The molecule has 2 aromatic rings. The SMILES string of the molecule is N/C(=N\OCC(=O)Nc1ccc(Br)cc1)c1ccc(F)cc1. The second-order valence-electron chi connectivity index (χ2n) is 4.31. The molecule has 7 heteroatoms. The molecule has 2 rings (SSSR count). The lowest BCUT2D eigenvalue weighted by Gasteiger charge is -2.05. The number of rotatable bonds is 5. The maximum Gasteiger partial charge on any atom is 0.265 e. The number of carbonyl (C=O) groups is 1. The van der Waals surface area contributed by atoms with Gasteiger partial charge in [-0.2, -0.15) is 0 Å². The van der Waals surface area contributed by atoms with E-state index < -0.39 is 0 Å². The molecule has 1 amide bonds. The van der Waals surface area contributed by atoms with Gasteiger partial charge < -0.3 is 15.9 Å². The average molecular weight is 366 g/mol. The number of nitrogens with one attached hydrogen (secondary N) is 1. The van der Waals surface area contributed by atoms with E-state index >= 15 is 0 Å². The van der Waals surface area contributed by atoms with Crippen molar-refractivity contribution in [2.24, 2.45) is 10.9 Å². The van der Waals surface area contributed by atoms with Crippen LogP contribution in [0.2, 0.25) is 0 Å². The van der Waals surface area contributed by atoms with Crippen LogP contribution < -0.4 is 11.1 Å². The Bertz CT molecular complexity index is 672. The summed E-state index contributed by atoms with van der Waals surface area (Å²) in [5.74, 6) is -0.666. The van der Waals surface area contributed by atoms with Gasteiger partial charge in [-0.25, -0.2) is 4.39 Å². The van der Waals surface area contributed by atoms with Crippen molar-refractivity contribution in [1.29, 1.82) is 0 Å². The Hall–Kier alpha value is -2.41. The summed E-state index contributed by atoms with van der Waals surface area (Å²) in [5.41, 5.74) is 6.82. The number of amidine groups is 1. The minimum absolute atomic E-state index is 0.0661. The van der Waals surface area contributed by atoms with E-state index in [1.165, 1.54) is 24.3 Å². The van der Waals surface area contributed by atoms with Gasteiger partial charge in [0, 0.05) is 15.7 Å². The Balaban J connectivity index is 1.84. The van der Waals surface area contributed by atoms with E-state index in [0.29, 0.717) is 11.3 Å². The Kier molecular flexibility index (Phi) is 5.48. The fourth-order valence-electron chi connectivity index (χ4n) is 1.56. The number of carbonyl (C=O) groups excluding carboxylic acids is 1. The van der Waals surface area contributed by atoms with Gasteiger partial charge in [-0.05, 0) is 48.5 Å². The van der Waals surface area contributed by atoms with Gasteiger partial charge in [0.05, 0.1) is 0 Å². The van der Waals surface area contributed by atoms with Gasteiger partial charge in [-0.15, -0.1) is 0 Å². The minimum atomic E-state index is -0.369. The molecule has 114 valence electrons. The predicted molar refractivity (Wildman–Crippen MR) is 85.8 cm³/mol. The third-order valence-corrected chi connectivity index (χ3v) is 3.16. The van der Waals surface area contributed by atoms with Crippen LogP contribution in [0.5, 0.6) is 0 Å². The van der Waals surface area contributed by atoms with Crippen molar-refractivity contribution in [3.63, 3.8) is 0 Å². The molecular weight excluding hydrogens is 353 g/mol. The van der Waals surface area contributed by atoms with Crippen molar-refractivity contribution in [2.75, 3.05) is 11.9 Å². The first kappa shape index (κ1) is 16.0. The Morgan fingerprint density at radius 2 is 1.82 bits per heavy atom. The van der Waals surface area contributed by atoms with Crippen LogP contribution in [-0.2, 0) is 9.63 Å². The zero-order chi connectivity index (χ0) is 15.9. The van der Waals surface area contributed by atoms with E-state index in [1.54, 1.807) is 24.3 Å². The first-order valence-corrected chi connectivity index (χ1v) is 7.10. The van der Waals surface area contributed by atoms with Gasteiger partial charge in [0.25, 0.3) is 5.91 Å². The lowest BCUT2D eigenvalue weighted by Crippen LogP contribution is -2.19. The van der Waals surface area contributed by atoms with Crippen molar-refractivity contribution >= 4 is 33.4 Å². The minimum Gasteiger partial charge on any atom is -0.384 e. The highest BCUT2D eigenvalue weighted by Gasteiger charge is 2.04. The first-order valence-electron chi connectivity index (χ1n) is 6.31. The van der Waals surface area contributed by atoms with Crippen LogP contribution >= 0.6 is 15.9 Å². The molecular formula is C15H13BrFN3O2. The number of anilines is 1. The van der Waals surface area contributed by atoms with E-state index in [-0.39, 0.29) is 24.2 Å². The van der Waals surface area contributed by atoms with E-state index in [1.807, 2.05) is 0 Å². The second-order valence-corrected chi connectivity index (χ2v) is 5.23. The molecule has 0 aliphatic rings. The molecule has 22 heavy (non-hydrogen) atoms. The standard InChI is InChI=1S/C15H13BrFN3O2/c16-11-3-7-13(8-4-11)19-14(21)9-22-20-15(18)10-1-5-12(17)6-2-10/h1-8H,9H2,(H2,18,20)(H,19,21). The zero-order valence-corrected chi connectivity index (χ0v) is 13.0. The van der Waals surface area contributed by atoms with E-state index in [2.05, 4.69) is 26.4 Å². The molecule has 0 unspecified atom stereocenters. The number of hydrogen-bond donors (Lipinski definition) is 2. The van der Waals surface area contributed by atoms with Gasteiger partial charge in [0.2, 0.25) is 0 Å². The molecule has 0 saturated heterocycles. The number of nitrogens with zero attached hydrogens (tertiary/aromatic N) is 1. The fourth-order valence-corrected chi connectivity index (χ4v) is 1.83. The summed E-state index contributed by atoms with van der Waals surface area (Å²) >= 11 is 3.30. The van der Waals surface area contributed by atoms with Crippen LogP contribution in [0.1, 0.15) is 5.56 Å². The number of hydrogen-bond acceptors (Lipinski definition) is 3. The molecule has 5 nitrogen and oxygen atoms in total. The molecule has 0 aromatic heterocycles. The Morgan fingerprint density at radius 3 is 2.45 bits per heavy atom. The van der Waals surface area contributed by atoms with E-state index in [0.717, 1.165) is 4.47 Å². The first-order chi connectivity index (χ1) is 10.5. The lowest BCUT2D eigenvalue weighted by atomic mass is 10.2. The van der Waals surface area contributed by atoms with Gasteiger partial charge in [0.1, 0.15) is 5.82 Å². The van der Waals surface area contributed by atoms with Crippen molar-refractivity contribution < 1.29 is 14.0 Å². The third-order valence-electron chi connectivity index (χ3n) is 2.63. The summed E-state index contributed by atoms with van der Waals surface area (Å²) in [7, 11) is 0. The molecule has 0 heterocycles. The third kappa shape index (κ3) is 4.85. The molecule has 0 aliphatic carbocycles. The van der Waals surface area contributed by atoms with Crippen LogP contribution in [0.3, 0.4) is 0 Å². The molecule has 0 bridgehead atoms. The van der Waals surface area contributed by atoms with Crippen molar-refractivity contribution in [2.45, 2.75) is 0 Å². The maximum atomic E-state index is 12.8. The molecule has 3 N–H and O–H groups in total. The summed E-state index contributed by atoms with van der Waals surface area (Å²) in [5, 5.41) is 6.27. The van der Waals surface area contributed by atoms with Gasteiger partial charge in [-0.3, -0.25) is 4.79 Å². The molecule has 0 atom stereocenters. The molecule has 0 radical (unpaired) electrons. The number of halogens is 2. The van der Waals surface area contributed by atoms with Gasteiger partial charge in [-0.1, -0.05) is 21.1 Å². The van der Waals surface area contributed by atoms with Crippen LogP contribution in [0.4, 0.5) is 10.1 Å². The Labute approximate surface area is 135 Å². The summed E-state index contributed by atoms with van der Waals surface area (Å²) in [4.78, 5) is 16.5. The molecule has 0 fully saturated rings. The fraction of sp³-hybridized carbons (Fsp3) is 0.0667. The van der Waals surface area contributed by atoms with Gasteiger partial charge in [0.15, 0.2) is 12.4 Å². The normalized spacial score (nSPS) is 11.1. The van der Waals surface area contributed by atoms with Crippen molar-refractivity contribution in [3.8, 4) is 0 Å².